The molecule has 0 bridgehead atoms. The van der Waals surface area contributed by atoms with Crippen molar-refractivity contribution in [2.45, 2.75) is 84.5 Å². The maximum absolute atomic E-state index is 3.70. The van der Waals surface area contributed by atoms with Crippen LogP contribution < -0.4 is 0 Å². The molecule has 0 saturated heterocycles. The van der Waals surface area contributed by atoms with Crippen LogP contribution in [-0.4, -0.2) is 0 Å². The first-order valence-electron chi connectivity index (χ1n) is 7.50. The number of allylic oxidation sites excluding steroid dienone is 2. The molecule has 0 saturated carbocycles. The van der Waals surface area contributed by atoms with Gasteiger partial charge in [-0.1, -0.05) is 77.4 Å². The van der Waals surface area contributed by atoms with E-state index in [1.165, 1.54) is 70.6 Å². The van der Waals surface area contributed by atoms with Gasteiger partial charge in [0.05, 0.1) is 0 Å². The molecule has 17 heavy (non-hydrogen) atoms. The molecular formula is C17H32. The average molecular weight is 236 g/mol. The third kappa shape index (κ3) is 15.7. The number of rotatable bonds is 12. The summed E-state index contributed by atoms with van der Waals surface area (Å²) in [5, 5.41) is 0. The third-order valence-corrected chi connectivity index (χ3v) is 3.21. The Morgan fingerprint density at radius 3 is 1.71 bits per heavy atom. The first-order valence-corrected chi connectivity index (χ1v) is 7.50. The van der Waals surface area contributed by atoms with Crippen molar-refractivity contribution in [2.24, 2.45) is 0 Å². The van der Waals surface area contributed by atoms with Crippen molar-refractivity contribution in [1.82, 2.24) is 0 Å². The molecule has 0 spiro atoms. The van der Waals surface area contributed by atoms with Crippen LogP contribution >= 0.6 is 0 Å². The monoisotopic (exact) mass is 236 g/mol. The van der Waals surface area contributed by atoms with E-state index in [-0.39, 0.29) is 0 Å². The van der Waals surface area contributed by atoms with Crippen LogP contribution in [0, 0.1) is 12.8 Å². The number of hydrogen-bond donors (Lipinski definition) is 0. The van der Waals surface area contributed by atoms with Gasteiger partial charge in [-0.15, -0.1) is 0 Å². The molecule has 0 heterocycles. The zero-order chi connectivity index (χ0) is 12.8. The van der Waals surface area contributed by atoms with Crippen LogP contribution in [0.2, 0.25) is 0 Å². The van der Waals surface area contributed by atoms with Gasteiger partial charge in [0, 0.05) is 0 Å². The molecule has 0 nitrogen and oxygen atoms in total. The molecule has 0 heteroatoms. The van der Waals surface area contributed by atoms with E-state index in [1.807, 2.05) is 6.08 Å². The Morgan fingerprint density at radius 1 is 0.765 bits per heavy atom. The highest BCUT2D eigenvalue weighted by atomic mass is 14.0. The van der Waals surface area contributed by atoms with E-state index in [4.69, 9.17) is 0 Å². The Kier molecular flexibility index (Phi) is 13.6. The topological polar surface area (TPSA) is 0 Å². The van der Waals surface area contributed by atoms with Gasteiger partial charge in [-0.05, 0) is 32.1 Å². The van der Waals surface area contributed by atoms with Crippen LogP contribution in [0.5, 0.6) is 0 Å². The van der Waals surface area contributed by atoms with E-state index in [0.717, 1.165) is 0 Å². The van der Waals surface area contributed by atoms with E-state index >= 15 is 0 Å². The van der Waals surface area contributed by atoms with E-state index in [9.17, 15) is 0 Å². The molecule has 0 fully saturated rings. The highest BCUT2D eigenvalue weighted by molar-refractivity contribution is 4.83. The second kappa shape index (κ2) is 13.8. The van der Waals surface area contributed by atoms with Gasteiger partial charge in [-0.25, -0.2) is 0 Å². The van der Waals surface area contributed by atoms with Crippen molar-refractivity contribution >= 4 is 0 Å². The fourth-order valence-electron chi connectivity index (χ4n) is 2.10. The second-order valence-corrected chi connectivity index (χ2v) is 5.40. The lowest BCUT2D eigenvalue weighted by atomic mass is 10.0. The maximum Gasteiger partial charge on any atom is -0.0303 e. The summed E-state index contributed by atoms with van der Waals surface area (Å²) in [6, 6.07) is 0. The summed E-state index contributed by atoms with van der Waals surface area (Å²) in [6.07, 6.45) is 19.4. The molecule has 0 aliphatic heterocycles. The quantitative estimate of drug-likeness (QED) is 0.350. The lowest BCUT2D eigenvalue weighted by molar-refractivity contribution is 0.555. The Balaban J connectivity index is 2.94. The summed E-state index contributed by atoms with van der Waals surface area (Å²) in [5.41, 5.74) is 0. The molecule has 2 radical (unpaired) electrons. The standard InChI is InChI=1S/C17H32/c1-4-5-6-7-8-9-10-11-12-13-14-15-16-17(2)3/h4-5H,1,6-16H2,2-3H3. The third-order valence-electron chi connectivity index (χ3n) is 3.21. The number of hydrogen-bond acceptors (Lipinski definition) is 0. The van der Waals surface area contributed by atoms with Crippen LogP contribution in [0.25, 0.3) is 0 Å². The van der Waals surface area contributed by atoms with Crippen molar-refractivity contribution < 1.29 is 0 Å². The first-order chi connectivity index (χ1) is 8.27. The molecule has 0 aromatic rings. The Labute approximate surface area is 110 Å². The smallest absolute Gasteiger partial charge is 0.0303 e. The van der Waals surface area contributed by atoms with Crippen molar-refractivity contribution in [3.05, 3.63) is 25.0 Å². The minimum atomic E-state index is 1.22. The molecule has 0 aromatic heterocycles. The fourth-order valence-corrected chi connectivity index (χ4v) is 2.10. The Hall–Kier alpha value is -0.260. The summed E-state index contributed by atoms with van der Waals surface area (Å²) in [5.74, 6) is 1.58. The van der Waals surface area contributed by atoms with Crippen LogP contribution in [0.3, 0.4) is 0 Å². The minimum Gasteiger partial charge on any atom is -0.0885 e. The maximum atomic E-state index is 3.70. The molecule has 0 aromatic carbocycles. The van der Waals surface area contributed by atoms with Gasteiger partial charge in [-0.2, -0.15) is 0 Å². The molecule has 0 atom stereocenters. The Bertz CT molecular complexity index is 155. The van der Waals surface area contributed by atoms with E-state index < -0.39 is 0 Å². The van der Waals surface area contributed by atoms with Crippen LogP contribution in [0.15, 0.2) is 12.2 Å². The van der Waals surface area contributed by atoms with Crippen LogP contribution in [0.4, 0.5) is 0 Å². The summed E-state index contributed by atoms with van der Waals surface area (Å²) in [7, 11) is 0. The molecule has 0 amide bonds. The van der Waals surface area contributed by atoms with Gasteiger partial charge in [0.25, 0.3) is 0 Å². The van der Waals surface area contributed by atoms with E-state index in [0.29, 0.717) is 0 Å². The minimum absolute atomic E-state index is 1.22. The summed E-state index contributed by atoms with van der Waals surface area (Å²) < 4.78 is 0. The Morgan fingerprint density at radius 2 is 1.24 bits per heavy atom. The molecule has 100 valence electrons. The lowest BCUT2D eigenvalue weighted by Gasteiger charge is -2.04. The summed E-state index contributed by atoms with van der Waals surface area (Å²) in [4.78, 5) is 0. The lowest BCUT2D eigenvalue weighted by Crippen LogP contribution is -1.85. The van der Waals surface area contributed by atoms with Crippen LogP contribution in [-0.2, 0) is 0 Å². The van der Waals surface area contributed by atoms with Gasteiger partial charge < -0.3 is 0 Å². The van der Waals surface area contributed by atoms with Crippen molar-refractivity contribution in [1.29, 1.82) is 0 Å². The molecular weight excluding hydrogens is 204 g/mol. The van der Waals surface area contributed by atoms with Crippen molar-refractivity contribution in [3.8, 4) is 0 Å². The van der Waals surface area contributed by atoms with Gasteiger partial charge in [0.1, 0.15) is 0 Å². The molecule has 0 rings (SSSR count). The molecule has 0 unspecified atom stereocenters. The zero-order valence-electron chi connectivity index (χ0n) is 12.1. The largest absolute Gasteiger partial charge is 0.0885 e. The normalized spacial score (nSPS) is 11.8. The second-order valence-electron chi connectivity index (χ2n) is 5.40. The van der Waals surface area contributed by atoms with Gasteiger partial charge in [-0.3, -0.25) is 0 Å². The van der Waals surface area contributed by atoms with Gasteiger partial charge in [0.2, 0.25) is 0 Å². The van der Waals surface area contributed by atoms with E-state index in [1.54, 1.807) is 5.92 Å². The molecule has 0 aliphatic carbocycles. The van der Waals surface area contributed by atoms with Crippen LogP contribution in [0.1, 0.15) is 84.5 Å². The molecule has 0 aliphatic rings. The fraction of sp³-hybridized carbons (Fsp3) is 0.765. The summed E-state index contributed by atoms with van der Waals surface area (Å²) >= 11 is 0. The first kappa shape index (κ1) is 16.7. The zero-order valence-corrected chi connectivity index (χ0v) is 12.1. The van der Waals surface area contributed by atoms with E-state index in [2.05, 4.69) is 26.8 Å². The van der Waals surface area contributed by atoms with Gasteiger partial charge >= 0.3 is 0 Å². The van der Waals surface area contributed by atoms with Gasteiger partial charge in [0.15, 0.2) is 0 Å². The van der Waals surface area contributed by atoms with Crippen molar-refractivity contribution in [3.63, 3.8) is 0 Å². The summed E-state index contributed by atoms with van der Waals surface area (Å²) in [6.45, 7) is 8.18. The highest BCUT2D eigenvalue weighted by Gasteiger charge is 1.95. The molecule has 0 N–H and O–H groups in total. The van der Waals surface area contributed by atoms with Crippen molar-refractivity contribution in [2.75, 3.05) is 0 Å². The predicted molar refractivity (Wildman–Crippen MR) is 79.9 cm³/mol. The average Bonchev–Trinajstić information content (AvgIpc) is 2.30. The predicted octanol–water partition coefficient (Wildman–Crippen LogP) is 6.28. The highest BCUT2D eigenvalue weighted by Crippen LogP contribution is 2.14. The SMILES string of the molecule is [CH2]C=CCCCCCCCCCCC[C](C)C. The number of unbranched alkanes of at least 4 members (excludes halogenated alkanes) is 9.